The normalized spacial score (nSPS) is 16.3. The fourth-order valence-electron chi connectivity index (χ4n) is 4.30. The van der Waals surface area contributed by atoms with E-state index in [0.717, 1.165) is 0 Å². The summed E-state index contributed by atoms with van der Waals surface area (Å²) in [6.45, 7) is 1.79. The van der Waals surface area contributed by atoms with Crippen LogP contribution in [0.2, 0.25) is 0 Å². The zero-order valence-corrected chi connectivity index (χ0v) is 17.9. The molecule has 1 fully saturated rings. The standard InChI is InChI=1S/C24H23F2N5O2/c25-18-5-7-19(8-6-18)31-22-20(13-28-31)23(32)30(16-27-22)15-24(33)9-11-29(12-10-24)14-17-3-1-2-4-21(17)26/h1-8,13,16,33H,9-12,14-15H2. The number of rotatable bonds is 5. The van der Waals surface area contributed by atoms with Gasteiger partial charge < -0.3 is 5.11 Å². The van der Waals surface area contributed by atoms with E-state index in [1.165, 1.54) is 40.0 Å². The first-order chi connectivity index (χ1) is 15.9. The SMILES string of the molecule is O=c1c2cnn(-c3ccc(F)cc3)c2ncn1CC1(O)CCN(Cc2ccccc2F)CC1. The number of halogens is 2. The van der Waals surface area contributed by atoms with Crippen molar-refractivity contribution in [1.82, 2.24) is 24.2 Å². The third-order valence-corrected chi connectivity index (χ3v) is 6.23. The number of aliphatic hydroxyl groups is 1. The lowest BCUT2D eigenvalue weighted by atomic mass is 9.91. The van der Waals surface area contributed by atoms with Crippen LogP contribution in [0.4, 0.5) is 8.78 Å². The highest BCUT2D eigenvalue weighted by molar-refractivity contribution is 5.74. The molecule has 0 unspecified atom stereocenters. The molecule has 3 heterocycles. The van der Waals surface area contributed by atoms with E-state index in [9.17, 15) is 18.7 Å². The summed E-state index contributed by atoms with van der Waals surface area (Å²) in [5.41, 5.74) is 0.242. The molecule has 33 heavy (non-hydrogen) atoms. The molecule has 1 aliphatic rings. The van der Waals surface area contributed by atoms with Crippen LogP contribution < -0.4 is 5.56 Å². The predicted molar refractivity (Wildman–Crippen MR) is 119 cm³/mol. The Morgan fingerprint density at radius 3 is 2.48 bits per heavy atom. The van der Waals surface area contributed by atoms with Crippen LogP contribution in [-0.4, -0.2) is 48.0 Å². The summed E-state index contributed by atoms with van der Waals surface area (Å²) in [5, 5.41) is 15.7. The molecule has 0 saturated carbocycles. The highest BCUT2D eigenvalue weighted by Gasteiger charge is 2.33. The summed E-state index contributed by atoms with van der Waals surface area (Å²) >= 11 is 0. The van der Waals surface area contributed by atoms with E-state index < -0.39 is 5.60 Å². The van der Waals surface area contributed by atoms with Crippen molar-refractivity contribution in [2.75, 3.05) is 13.1 Å². The van der Waals surface area contributed by atoms with Crippen molar-refractivity contribution < 1.29 is 13.9 Å². The van der Waals surface area contributed by atoms with Gasteiger partial charge in [0.25, 0.3) is 5.56 Å². The fourth-order valence-corrected chi connectivity index (χ4v) is 4.30. The Kier molecular flexibility index (Phi) is 5.51. The van der Waals surface area contributed by atoms with Gasteiger partial charge in [-0.15, -0.1) is 0 Å². The fraction of sp³-hybridized carbons (Fsp3) is 0.292. The van der Waals surface area contributed by atoms with Gasteiger partial charge in [0.2, 0.25) is 0 Å². The van der Waals surface area contributed by atoms with Crippen molar-refractivity contribution in [2.45, 2.75) is 31.5 Å². The lowest BCUT2D eigenvalue weighted by Gasteiger charge is -2.38. The summed E-state index contributed by atoms with van der Waals surface area (Å²) in [7, 11) is 0. The molecule has 0 aliphatic carbocycles. The van der Waals surface area contributed by atoms with Gasteiger partial charge in [0.05, 0.1) is 24.0 Å². The van der Waals surface area contributed by atoms with E-state index in [0.29, 0.717) is 54.8 Å². The van der Waals surface area contributed by atoms with Crippen LogP contribution in [0, 0.1) is 11.6 Å². The first-order valence-corrected chi connectivity index (χ1v) is 10.8. The van der Waals surface area contributed by atoms with Gasteiger partial charge in [-0.2, -0.15) is 5.10 Å². The van der Waals surface area contributed by atoms with Gasteiger partial charge in [-0.05, 0) is 43.2 Å². The number of piperidine rings is 1. The van der Waals surface area contributed by atoms with Crippen molar-refractivity contribution in [3.63, 3.8) is 0 Å². The van der Waals surface area contributed by atoms with Gasteiger partial charge in [-0.1, -0.05) is 18.2 Å². The monoisotopic (exact) mass is 451 g/mol. The van der Waals surface area contributed by atoms with Crippen molar-refractivity contribution in [3.05, 3.63) is 88.6 Å². The first kappa shape index (κ1) is 21.4. The van der Waals surface area contributed by atoms with Crippen LogP contribution in [0.3, 0.4) is 0 Å². The molecule has 2 aromatic heterocycles. The number of hydrogen-bond donors (Lipinski definition) is 1. The Morgan fingerprint density at radius 1 is 1.03 bits per heavy atom. The lowest BCUT2D eigenvalue weighted by molar-refractivity contribution is -0.0366. The molecule has 0 amide bonds. The second kappa shape index (κ2) is 8.49. The van der Waals surface area contributed by atoms with Crippen LogP contribution in [0.25, 0.3) is 16.7 Å². The second-order valence-corrected chi connectivity index (χ2v) is 8.54. The highest BCUT2D eigenvalue weighted by Crippen LogP contribution is 2.25. The van der Waals surface area contributed by atoms with Crippen LogP contribution in [0.15, 0.2) is 65.8 Å². The van der Waals surface area contributed by atoms with Crippen molar-refractivity contribution >= 4 is 11.0 Å². The summed E-state index contributed by atoms with van der Waals surface area (Å²) in [6.07, 6.45) is 3.77. The number of fused-ring (bicyclic) bond motifs is 1. The summed E-state index contributed by atoms with van der Waals surface area (Å²) < 4.78 is 30.1. The molecule has 5 rings (SSSR count). The Labute approximate surface area is 188 Å². The minimum Gasteiger partial charge on any atom is -0.388 e. The molecule has 9 heteroatoms. The smallest absolute Gasteiger partial charge is 0.264 e. The van der Waals surface area contributed by atoms with Crippen LogP contribution in [-0.2, 0) is 13.1 Å². The Morgan fingerprint density at radius 2 is 1.76 bits per heavy atom. The van der Waals surface area contributed by atoms with Gasteiger partial charge in [0.1, 0.15) is 23.3 Å². The molecule has 0 bridgehead atoms. The summed E-state index contributed by atoms with van der Waals surface area (Å²) in [5.74, 6) is -0.593. The molecule has 2 aromatic carbocycles. The Balaban J connectivity index is 1.31. The topological polar surface area (TPSA) is 76.2 Å². The summed E-state index contributed by atoms with van der Waals surface area (Å²) in [4.78, 5) is 19.5. The molecule has 0 spiro atoms. The first-order valence-electron chi connectivity index (χ1n) is 10.8. The molecule has 0 radical (unpaired) electrons. The minimum atomic E-state index is -1.06. The minimum absolute atomic E-state index is 0.115. The third-order valence-electron chi connectivity index (χ3n) is 6.23. The Bertz CT molecular complexity index is 1340. The van der Waals surface area contributed by atoms with Crippen molar-refractivity contribution in [1.29, 1.82) is 0 Å². The third kappa shape index (κ3) is 4.29. The molecular weight excluding hydrogens is 428 g/mol. The van der Waals surface area contributed by atoms with E-state index in [1.54, 1.807) is 24.3 Å². The lowest BCUT2D eigenvalue weighted by Crippen LogP contribution is -2.47. The van der Waals surface area contributed by atoms with Gasteiger partial charge in [0.15, 0.2) is 5.65 Å². The van der Waals surface area contributed by atoms with Crippen LogP contribution >= 0.6 is 0 Å². The Hall–Kier alpha value is -3.43. The average Bonchev–Trinajstić information content (AvgIpc) is 3.24. The van der Waals surface area contributed by atoms with E-state index >= 15 is 0 Å². The number of hydrogen-bond acceptors (Lipinski definition) is 5. The maximum absolute atomic E-state index is 13.9. The molecular formula is C24H23F2N5O2. The summed E-state index contributed by atoms with van der Waals surface area (Å²) in [6, 6.07) is 12.5. The van der Waals surface area contributed by atoms with Crippen molar-refractivity contribution in [2.24, 2.45) is 0 Å². The van der Waals surface area contributed by atoms with Crippen LogP contribution in [0.5, 0.6) is 0 Å². The molecule has 4 aromatic rings. The quantitative estimate of drug-likeness (QED) is 0.505. The molecule has 1 aliphatic heterocycles. The number of aromatic nitrogens is 4. The zero-order chi connectivity index (χ0) is 23.0. The predicted octanol–water partition coefficient (Wildman–Crippen LogP) is 2.89. The highest BCUT2D eigenvalue weighted by atomic mass is 19.1. The van der Waals surface area contributed by atoms with Gasteiger partial charge in [-0.25, -0.2) is 18.4 Å². The van der Waals surface area contributed by atoms with Crippen LogP contribution in [0.1, 0.15) is 18.4 Å². The molecule has 0 atom stereocenters. The molecule has 170 valence electrons. The van der Waals surface area contributed by atoms with Gasteiger partial charge in [0, 0.05) is 25.2 Å². The van der Waals surface area contributed by atoms with E-state index in [2.05, 4.69) is 15.0 Å². The molecule has 7 nitrogen and oxygen atoms in total. The number of likely N-dealkylation sites (tertiary alicyclic amines) is 1. The zero-order valence-electron chi connectivity index (χ0n) is 17.9. The molecule has 1 N–H and O–H groups in total. The average molecular weight is 451 g/mol. The second-order valence-electron chi connectivity index (χ2n) is 8.54. The largest absolute Gasteiger partial charge is 0.388 e. The van der Waals surface area contributed by atoms with E-state index in [1.807, 2.05) is 6.07 Å². The number of benzene rings is 2. The number of nitrogens with zero attached hydrogens (tertiary/aromatic N) is 5. The van der Waals surface area contributed by atoms with Gasteiger partial charge in [-0.3, -0.25) is 14.3 Å². The maximum atomic E-state index is 13.9. The molecule has 1 saturated heterocycles. The van der Waals surface area contributed by atoms with Crippen molar-refractivity contribution in [3.8, 4) is 5.69 Å². The van der Waals surface area contributed by atoms with Gasteiger partial charge >= 0.3 is 0 Å². The maximum Gasteiger partial charge on any atom is 0.264 e. The van der Waals surface area contributed by atoms with E-state index in [4.69, 9.17) is 0 Å². The van der Waals surface area contributed by atoms with E-state index in [-0.39, 0.29) is 23.7 Å².